The molecule has 0 atom stereocenters. The average molecular weight is 324 g/mol. The van der Waals surface area contributed by atoms with Crippen molar-refractivity contribution < 1.29 is 9.47 Å². The Morgan fingerprint density at radius 1 is 1.00 bits per heavy atom. The average Bonchev–Trinajstić information content (AvgIpc) is 2.59. The summed E-state index contributed by atoms with van der Waals surface area (Å²) in [6.07, 6.45) is 1.29. The topological polar surface area (TPSA) is 54.3 Å². The van der Waals surface area contributed by atoms with Gasteiger partial charge >= 0.3 is 0 Å². The van der Waals surface area contributed by atoms with Crippen LogP contribution in [0.15, 0.2) is 48.5 Å². The molecule has 2 aromatic rings. The predicted octanol–water partition coefficient (Wildman–Crippen LogP) is 3.85. The highest BCUT2D eigenvalue weighted by atomic mass is 16.5. The van der Waals surface area contributed by atoms with Gasteiger partial charge in [-0.2, -0.15) is 5.26 Å². The Morgan fingerprint density at radius 3 is 2.54 bits per heavy atom. The fourth-order valence-corrected chi connectivity index (χ4v) is 2.27. The van der Waals surface area contributed by atoms with E-state index in [1.165, 1.54) is 11.1 Å². The number of nitrogens with one attached hydrogen (secondary N) is 1. The summed E-state index contributed by atoms with van der Waals surface area (Å²) in [6.45, 7) is 4.82. The van der Waals surface area contributed by atoms with Crippen LogP contribution in [0.25, 0.3) is 0 Å². The summed E-state index contributed by atoms with van der Waals surface area (Å²) in [5.41, 5.74) is 2.37. The molecular formula is C20H24N2O2. The number of hydrogen-bond donors (Lipinski definition) is 1. The molecule has 2 aromatic carbocycles. The van der Waals surface area contributed by atoms with Crippen molar-refractivity contribution in [2.24, 2.45) is 0 Å². The van der Waals surface area contributed by atoms with E-state index < -0.39 is 0 Å². The van der Waals surface area contributed by atoms with E-state index in [1.54, 1.807) is 0 Å². The third kappa shape index (κ3) is 6.72. The van der Waals surface area contributed by atoms with E-state index in [4.69, 9.17) is 14.7 Å². The molecule has 0 aliphatic carbocycles. The van der Waals surface area contributed by atoms with Gasteiger partial charge in [-0.15, -0.1) is 0 Å². The molecule has 1 N–H and O–H groups in total. The quantitative estimate of drug-likeness (QED) is 0.675. The Labute approximate surface area is 144 Å². The molecule has 0 fully saturated rings. The van der Waals surface area contributed by atoms with Crippen LogP contribution in [0.5, 0.6) is 11.5 Å². The van der Waals surface area contributed by atoms with Gasteiger partial charge in [0.15, 0.2) is 0 Å². The van der Waals surface area contributed by atoms with Crippen molar-refractivity contribution in [3.8, 4) is 17.6 Å². The van der Waals surface area contributed by atoms with Crippen LogP contribution in [0, 0.1) is 18.3 Å². The van der Waals surface area contributed by atoms with Gasteiger partial charge in [-0.05, 0) is 48.7 Å². The van der Waals surface area contributed by atoms with Gasteiger partial charge < -0.3 is 14.8 Å². The molecule has 0 aliphatic rings. The van der Waals surface area contributed by atoms with E-state index in [2.05, 4.69) is 30.4 Å². The molecule has 0 amide bonds. The summed E-state index contributed by atoms with van der Waals surface area (Å²) in [5, 5.41) is 11.9. The Morgan fingerprint density at radius 2 is 1.75 bits per heavy atom. The minimum atomic E-state index is 0.530. The SMILES string of the molecule is Cc1cccc(OCCNCc2cccc(OCCCC#N)c2)c1. The van der Waals surface area contributed by atoms with Crippen LogP contribution in [0.2, 0.25) is 0 Å². The fraction of sp³-hybridized carbons (Fsp3) is 0.350. The molecule has 0 bridgehead atoms. The molecule has 0 radical (unpaired) electrons. The van der Waals surface area contributed by atoms with Gasteiger partial charge in [0.25, 0.3) is 0 Å². The summed E-state index contributed by atoms with van der Waals surface area (Å²) in [7, 11) is 0. The summed E-state index contributed by atoms with van der Waals surface area (Å²) in [5.74, 6) is 1.76. The van der Waals surface area contributed by atoms with E-state index in [1.807, 2.05) is 36.4 Å². The van der Waals surface area contributed by atoms with Gasteiger partial charge in [-0.1, -0.05) is 24.3 Å². The van der Waals surface area contributed by atoms with E-state index in [9.17, 15) is 0 Å². The lowest BCUT2D eigenvalue weighted by molar-refractivity contribution is 0.310. The number of benzene rings is 2. The van der Waals surface area contributed by atoms with Crippen LogP contribution in [-0.2, 0) is 6.54 Å². The fourth-order valence-electron chi connectivity index (χ4n) is 2.27. The first-order chi connectivity index (χ1) is 11.8. The van der Waals surface area contributed by atoms with E-state index in [0.717, 1.165) is 31.0 Å². The third-order valence-electron chi connectivity index (χ3n) is 3.47. The van der Waals surface area contributed by atoms with Gasteiger partial charge in [0.2, 0.25) is 0 Å². The number of rotatable bonds is 10. The molecule has 0 spiro atoms. The van der Waals surface area contributed by atoms with Crippen molar-refractivity contribution in [3.63, 3.8) is 0 Å². The highest BCUT2D eigenvalue weighted by Crippen LogP contribution is 2.14. The maximum absolute atomic E-state index is 8.51. The maximum atomic E-state index is 8.51. The van der Waals surface area contributed by atoms with Gasteiger partial charge in [0.05, 0.1) is 12.7 Å². The number of ether oxygens (including phenoxy) is 2. The number of unbranched alkanes of at least 4 members (excludes halogenated alkanes) is 1. The minimum absolute atomic E-state index is 0.530. The number of nitrogens with zero attached hydrogens (tertiary/aromatic N) is 1. The summed E-state index contributed by atoms with van der Waals surface area (Å²) in [6, 6.07) is 18.2. The Bertz CT molecular complexity index is 665. The first kappa shape index (κ1) is 17.8. The Hall–Kier alpha value is -2.51. The van der Waals surface area contributed by atoms with Crippen LogP contribution < -0.4 is 14.8 Å². The largest absolute Gasteiger partial charge is 0.494 e. The van der Waals surface area contributed by atoms with Crippen molar-refractivity contribution in [2.45, 2.75) is 26.3 Å². The molecule has 0 unspecified atom stereocenters. The summed E-state index contributed by atoms with van der Waals surface area (Å²) >= 11 is 0. The molecule has 4 heteroatoms. The van der Waals surface area contributed by atoms with E-state index in [-0.39, 0.29) is 0 Å². The van der Waals surface area contributed by atoms with Crippen molar-refractivity contribution in [2.75, 3.05) is 19.8 Å². The van der Waals surface area contributed by atoms with E-state index in [0.29, 0.717) is 19.6 Å². The molecule has 0 saturated carbocycles. The maximum Gasteiger partial charge on any atom is 0.119 e. The van der Waals surface area contributed by atoms with Crippen LogP contribution in [-0.4, -0.2) is 19.8 Å². The molecule has 0 heterocycles. The van der Waals surface area contributed by atoms with Gasteiger partial charge in [0.1, 0.15) is 18.1 Å². The number of nitriles is 1. The summed E-state index contributed by atoms with van der Waals surface area (Å²) in [4.78, 5) is 0. The molecule has 2 rings (SSSR count). The van der Waals surface area contributed by atoms with Crippen molar-refractivity contribution in [1.82, 2.24) is 5.32 Å². The highest BCUT2D eigenvalue weighted by Gasteiger charge is 1.98. The predicted molar refractivity (Wildman–Crippen MR) is 95.2 cm³/mol. The van der Waals surface area contributed by atoms with Crippen LogP contribution >= 0.6 is 0 Å². The molecule has 24 heavy (non-hydrogen) atoms. The molecule has 126 valence electrons. The molecule has 0 aliphatic heterocycles. The number of hydrogen-bond acceptors (Lipinski definition) is 4. The molecule has 0 saturated heterocycles. The summed E-state index contributed by atoms with van der Waals surface area (Å²) < 4.78 is 11.4. The smallest absolute Gasteiger partial charge is 0.119 e. The lowest BCUT2D eigenvalue weighted by Crippen LogP contribution is -2.20. The zero-order chi connectivity index (χ0) is 17.0. The highest BCUT2D eigenvalue weighted by molar-refractivity contribution is 5.28. The zero-order valence-electron chi connectivity index (χ0n) is 14.1. The normalized spacial score (nSPS) is 10.2. The van der Waals surface area contributed by atoms with Gasteiger partial charge in [0, 0.05) is 19.5 Å². The van der Waals surface area contributed by atoms with Crippen molar-refractivity contribution in [1.29, 1.82) is 5.26 Å². The van der Waals surface area contributed by atoms with E-state index >= 15 is 0 Å². The van der Waals surface area contributed by atoms with Crippen LogP contribution in [0.4, 0.5) is 0 Å². The first-order valence-corrected chi connectivity index (χ1v) is 8.27. The Balaban J connectivity index is 1.66. The lowest BCUT2D eigenvalue weighted by Gasteiger charge is -2.10. The molecular weight excluding hydrogens is 300 g/mol. The second kappa shape index (κ2) is 10.3. The number of aryl methyl sites for hydroxylation is 1. The van der Waals surface area contributed by atoms with Crippen LogP contribution in [0.1, 0.15) is 24.0 Å². The van der Waals surface area contributed by atoms with Gasteiger partial charge in [-0.3, -0.25) is 0 Å². The molecule has 4 nitrogen and oxygen atoms in total. The minimum Gasteiger partial charge on any atom is -0.494 e. The van der Waals surface area contributed by atoms with Crippen LogP contribution in [0.3, 0.4) is 0 Å². The molecule has 0 aromatic heterocycles. The zero-order valence-corrected chi connectivity index (χ0v) is 14.1. The second-order valence-electron chi connectivity index (χ2n) is 5.60. The lowest BCUT2D eigenvalue weighted by atomic mass is 10.2. The third-order valence-corrected chi connectivity index (χ3v) is 3.47. The monoisotopic (exact) mass is 324 g/mol. The van der Waals surface area contributed by atoms with Gasteiger partial charge in [-0.25, -0.2) is 0 Å². The second-order valence-corrected chi connectivity index (χ2v) is 5.60. The first-order valence-electron chi connectivity index (χ1n) is 8.27. The standard InChI is InChI=1S/C20H24N2O2/c1-17-6-4-8-19(14-17)24-13-11-22-16-18-7-5-9-20(15-18)23-12-3-2-10-21/h4-9,14-15,22H,2-3,11-13,16H2,1H3. The Kier molecular flexibility index (Phi) is 7.66. The van der Waals surface area contributed by atoms with Crippen molar-refractivity contribution >= 4 is 0 Å². The van der Waals surface area contributed by atoms with Crippen molar-refractivity contribution in [3.05, 3.63) is 59.7 Å².